The van der Waals surface area contributed by atoms with Gasteiger partial charge in [-0.3, -0.25) is 14.8 Å². The Bertz CT molecular complexity index is 978. The molecule has 2 aliphatic rings. The van der Waals surface area contributed by atoms with E-state index in [1.54, 1.807) is 11.5 Å². The van der Waals surface area contributed by atoms with Crippen molar-refractivity contribution in [2.75, 3.05) is 25.0 Å². The lowest BCUT2D eigenvalue weighted by atomic mass is 9.79. The molecule has 2 aromatic rings. The van der Waals surface area contributed by atoms with Crippen LogP contribution in [0.5, 0.6) is 0 Å². The van der Waals surface area contributed by atoms with E-state index in [0.29, 0.717) is 11.5 Å². The first-order chi connectivity index (χ1) is 15.4. The van der Waals surface area contributed by atoms with Crippen LogP contribution >= 0.6 is 0 Å². The Morgan fingerprint density at radius 1 is 1.09 bits per heavy atom. The first-order valence-corrected chi connectivity index (χ1v) is 11.6. The largest absolute Gasteiger partial charge is 0.326 e. The summed E-state index contributed by atoms with van der Waals surface area (Å²) in [5, 5.41) is 12.0. The van der Waals surface area contributed by atoms with Gasteiger partial charge in [0.15, 0.2) is 0 Å². The second-order valence-electron chi connectivity index (χ2n) is 9.44. The summed E-state index contributed by atoms with van der Waals surface area (Å²) in [7, 11) is 0. The molecule has 0 saturated carbocycles. The molecule has 32 heavy (non-hydrogen) atoms. The number of aryl methyl sites for hydroxylation is 1. The summed E-state index contributed by atoms with van der Waals surface area (Å²) in [6, 6.07) is 13.9. The molecular formula is C26H33N3O3. The Labute approximate surface area is 190 Å². The highest BCUT2D eigenvalue weighted by molar-refractivity contribution is 5.95. The maximum absolute atomic E-state index is 12.9. The lowest BCUT2D eigenvalue weighted by Crippen LogP contribution is -2.44. The lowest BCUT2D eigenvalue weighted by Gasteiger charge is -2.37. The Morgan fingerprint density at radius 3 is 2.47 bits per heavy atom. The zero-order valence-corrected chi connectivity index (χ0v) is 19.0. The van der Waals surface area contributed by atoms with E-state index in [2.05, 4.69) is 36.2 Å². The monoisotopic (exact) mass is 435 g/mol. The highest BCUT2D eigenvalue weighted by Gasteiger charge is 2.36. The molecule has 1 unspecified atom stereocenters. The third-order valence-electron chi connectivity index (χ3n) is 7.39. The fourth-order valence-electron chi connectivity index (χ4n) is 4.96. The molecule has 3 N–H and O–H groups in total. The van der Waals surface area contributed by atoms with E-state index in [1.807, 2.05) is 24.3 Å². The molecule has 2 aromatic carbocycles. The van der Waals surface area contributed by atoms with Gasteiger partial charge in [-0.05, 0) is 98.6 Å². The number of hydrogen-bond acceptors (Lipinski definition) is 4. The second-order valence-corrected chi connectivity index (χ2v) is 9.44. The summed E-state index contributed by atoms with van der Waals surface area (Å²) >= 11 is 0. The Hall–Kier alpha value is -2.70. The molecule has 6 nitrogen and oxygen atoms in total. The Kier molecular flexibility index (Phi) is 6.63. The SMILES string of the molecule is CCN1CCC(C)(C(=O)Nc2ccc(C3CCc4cc(C(=O)NO)ccc4C3)cc2)CC1. The van der Waals surface area contributed by atoms with Crippen molar-refractivity contribution in [3.05, 3.63) is 64.7 Å². The average Bonchev–Trinajstić information content (AvgIpc) is 2.83. The van der Waals surface area contributed by atoms with Crippen molar-refractivity contribution >= 4 is 17.5 Å². The molecule has 170 valence electrons. The third kappa shape index (κ3) is 4.71. The third-order valence-corrected chi connectivity index (χ3v) is 7.39. The number of amides is 2. The summed E-state index contributed by atoms with van der Waals surface area (Å²) in [4.78, 5) is 27.0. The van der Waals surface area contributed by atoms with Gasteiger partial charge in [0.2, 0.25) is 5.91 Å². The van der Waals surface area contributed by atoms with Crippen molar-refractivity contribution in [3.63, 3.8) is 0 Å². The number of anilines is 1. The number of benzene rings is 2. The van der Waals surface area contributed by atoms with Crippen molar-refractivity contribution in [1.82, 2.24) is 10.4 Å². The molecule has 6 heteroatoms. The second kappa shape index (κ2) is 9.43. The van der Waals surface area contributed by atoms with Crippen LogP contribution in [0.3, 0.4) is 0 Å². The van der Waals surface area contributed by atoms with Crippen LogP contribution in [0.1, 0.15) is 66.1 Å². The van der Waals surface area contributed by atoms with Gasteiger partial charge in [0, 0.05) is 16.7 Å². The molecule has 1 aliphatic carbocycles. The zero-order valence-electron chi connectivity index (χ0n) is 19.0. The van der Waals surface area contributed by atoms with Crippen LogP contribution in [-0.4, -0.2) is 41.6 Å². The smallest absolute Gasteiger partial charge is 0.274 e. The summed E-state index contributed by atoms with van der Waals surface area (Å²) in [5.41, 5.74) is 6.43. The number of hydrogen-bond donors (Lipinski definition) is 3. The number of piperidine rings is 1. The molecule has 2 amide bonds. The van der Waals surface area contributed by atoms with E-state index < -0.39 is 5.91 Å². The van der Waals surface area contributed by atoms with Gasteiger partial charge in [0.1, 0.15) is 0 Å². The van der Waals surface area contributed by atoms with E-state index in [-0.39, 0.29) is 11.3 Å². The van der Waals surface area contributed by atoms with Gasteiger partial charge in [0.25, 0.3) is 5.91 Å². The molecular weight excluding hydrogens is 402 g/mol. The Morgan fingerprint density at radius 2 is 1.81 bits per heavy atom. The van der Waals surface area contributed by atoms with Crippen LogP contribution in [0.25, 0.3) is 0 Å². The lowest BCUT2D eigenvalue weighted by molar-refractivity contribution is -0.127. The van der Waals surface area contributed by atoms with E-state index in [1.165, 1.54) is 16.7 Å². The van der Waals surface area contributed by atoms with Crippen LogP contribution in [0, 0.1) is 5.41 Å². The molecule has 0 aromatic heterocycles. The van der Waals surface area contributed by atoms with Gasteiger partial charge in [-0.15, -0.1) is 0 Å². The van der Waals surface area contributed by atoms with Crippen LogP contribution in [0.2, 0.25) is 0 Å². The van der Waals surface area contributed by atoms with Crippen molar-refractivity contribution in [2.24, 2.45) is 5.41 Å². The zero-order chi connectivity index (χ0) is 22.7. The fourth-order valence-corrected chi connectivity index (χ4v) is 4.96. The molecule has 0 radical (unpaired) electrons. The predicted octanol–water partition coefficient (Wildman–Crippen LogP) is 4.14. The number of rotatable bonds is 5. The summed E-state index contributed by atoms with van der Waals surface area (Å²) in [6.45, 7) is 7.26. The highest BCUT2D eigenvalue weighted by Crippen LogP contribution is 2.35. The average molecular weight is 436 g/mol. The number of carbonyl (C=O) groups is 2. The summed E-state index contributed by atoms with van der Waals surface area (Å²) in [6.07, 6.45) is 4.63. The predicted molar refractivity (Wildman–Crippen MR) is 125 cm³/mol. The molecule has 1 heterocycles. The highest BCUT2D eigenvalue weighted by atomic mass is 16.5. The maximum Gasteiger partial charge on any atom is 0.274 e. The topological polar surface area (TPSA) is 81.7 Å². The number of carbonyl (C=O) groups excluding carboxylic acids is 2. The van der Waals surface area contributed by atoms with E-state index in [4.69, 9.17) is 5.21 Å². The molecule has 0 bridgehead atoms. The number of fused-ring (bicyclic) bond motifs is 1. The van der Waals surface area contributed by atoms with E-state index in [0.717, 1.165) is 57.4 Å². The van der Waals surface area contributed by atoms with Crippen molar-refractivity contribution in [3.8, 4) is 0 Å². The van der Waals surface area contributed by atoms with Crippen molar-refractivity contribution in [1.29, 1.82) is 0 Å². The molecule has 1 aliphatic heterocycles. The maximum atomic E-state index is 12.9. The van der Waals surface area contributed by atoms with Gasteiger partial charge in [-0.1, -0.05) is 32.0 Å². The standard InChI is InChI=1S/C26H33N3O3/c1-3-29-14-12-26(2,13-15-29)25(31)27-23-10-8-18(9-11-23)19-4-5-21-17-22(24(30)28-32)7-6-20(21)16-19/h6-11,17,19,32H,3-5,12-16H2,1-2H3,(H,27,31)(H,28,30). The van der Waals surface area contributed by atoms with Crippen LogP contribution in [0.4, 0.5) is 5.69 Å². The minimum atomic E-state index is -0.475. The van der Waals surface area contributed by atoms with Gasteiger partial charge < -0.3 is 10.2 Å². The summed E-state index contributed by atoms with van der Waals surface area (Å²) in [5.74, 6) is 0.0633. The van der Waals surface area contributed by atoms with Gasteiger partial charge in [-0.25, -0.2) is 5.48 Å². The fraction of sp³-hybridized carbons (Fsp3) is 0.462. The molecule has 1 saturated heterocycles. The van der Waals surface area contributed by atoms with Crippen LogP contribution in [-0.2, 0) is 17.6 Å². The first-order valence-electron chi connectivity index (χ1n) is 11.6. The molecule has 0 spiro atoms. The van der Waals surface area contributed by atoms with Gasteiger partial charge in [0.05, 0.1) is 0 Å². The first kappa shape index (κ1) is 22.5. The van der Waals surface area contributed by atoms with E-state index in [9.17, 15) is 9.59 Å². The van der Waals surface area contributed by atoms with Crippen molar-refractivity contribution in [2.45, 2.75) is 51.9 Å². The number of nitrogens with one attached hydrogen (secondary N) is 2. The normalized spacial score (nSPS) is 20.3. The van der Waals surface area contributed by atoms with Gasteiger partial charge in [-0.2, -0.15) is 0 Å². The summed E-state index contributed by atoms with van der Waals surface area (Å²) < 4.78 is 0. The van der Waals surface area contributed by atoms with Crippen LogP contribution < -0.4 is 10.8 Å². The number of hydroxylamine groups is 1. The molecule has 1 fully saturated rings. The Balaban J connectivity index is 1.38. The van der Waals surface area contributed by atoms with Crippen LogP contribution in [0.15, 0.2) is 42.5 Å². The van der Waals surface area contributed by atoms with Crippen molar-refractivity contribution < 1.29 is 14.8 Å². The number of nitrogens with zero attached hydrogens (tertiary/aromatic N) is 1. The van der Waals surface area contributed by atoms with E-state index >= 15 is 0 Å². The molecule has 1 atom stereocenters. The minimum Gasteiger partial charge on any atom is -0.326 e. The quantitative estimate of drug-likeness (QED) is 0.487. The molecule has 4 rings (SSSR count). The minimum absolute atomic E-state index is 0.121. The van der Waals surface area contributed by atoms with Gasteiger partial charge >= 0.3 is 0 Å². The number of likely N-dealkylation sites (tertiary alicyclic amines) is 1.